The quantitative estimate of drug-likeness (QED) is 0.926. The fourth-order valence-corrected chi connectivity index (χ4v) is 2.30. The first kappa shape index (κ1) is 16.4. The number of nitrogens with zero attached hydrogens (tertiary/aromatic N) is 1. The number of carbonyl (C=O) groups is 1. The van der Waals surface area contributed by atoms with E-state index in [4.69, 9.17) is 14.2 Å². The van der Waals surface area contributed by atoms with Crippen molar-refractivity contribution in [3.63, 3.8) is 0 Å². The van der Waals surface area contributed by atoms with Gasteiger partial charge >= 0.3 is 6.09 Å². The Kier molecular flexibility index (Phi) is 4.24. The maximum atomic E-state index is 11.9. The Bertz CT molecular complexity index is 536. The summed E-state index contributed by atoms with van der Waals surface area (Å²) in [5.41, 5.74) is -1.01. The lowest BCUT2D eigenvalue weighted by Crippen LogP contribution is -2.61. The van der Waals surface area contributed by atoms with Crippen LogP contribution in [0.1, 0.15) is 26.3 Å². The molecule has 0 bridgehead atoms. The number of carbonyl (C=O) groups excluding carboxylic acids is 1. The van der Waals surface area contributed by atoms with E-state index < -0.39 is 17.3 Å². The number of β-amino-alcohol motifs (C(OH)–C–C–N with tert-alkyl or cyclic N) is 1. The zero-order chi connectivity index (χ0) is 16.5. The maximum absolute atomic E-state index is 11.9. The standard InChI is InChI=1S/C16H23NO5/c1-15(2,3)22-14(18)17-9-16(19,10-17)11-6-12(20-4)8-13(7-11)21-5/h6-8,19H,9-10H2,1-5H3. The van der Waals surface area contributed by atoms with Gasteiger partial charge in [-0.15, -0.1) is 0 Å². The van der Waals surface area contributed by atoms with Crippen molar-refractivity contribution in [3.8, 4) is 11.5 Å². The summed E-state index contributed by atoms with van der Waals surface area (Å²) in [6.45, 7) is 5.79. The number of rotatable bonds is 3. The molecular formula is C16H23NO5. The lowest BCUT2D eigenvalue weighted by molar-refractivity contribution is -0.103. The van der Waals surface area contributed by atoms with E-state index in [0.717, 1.165) is 0 Å². The highest BCUT2D eigenvalue weighted by atomic mass is 16.6. The van der Waals surface area contributed by atoms with Gasteiger partial charge in [0.25, 0.3) is 0 Å². The third-order valence-electron chi connectivity index (χ3n) is 3.45. The molecule has 0 unspecified atom stereocenters. The van der Waals surface area contributed by atoms with Crippen LogP contribution in [0.5, 0.6) is 11.5 Å². The molecule has 0 aromatic heterocycles. The Morgan fingerprint density at radius 2 is 1.64 bits per heavy atom. The summed E-state index contributed by atoms with van der Waals surface area (Å²) in [6, 6.07) is 5.22. The highest BCUT2D eigenvalue weighted by Crippen LogP contribution is 2.36. The number of amides is 1. The van der Waals surface area contributed by atoms with Crippen molar-refractivity contribution < 1.29 is 24.1 Å². The van der Waals surface area contributed by atoms with Gasteiger partial charge in [-0.05, 0) is 38.5 Å². The zero-order valence-corrected chi connectivity index (χ0v) is 13.7. The second-order valence-electron chi connectivity index (χ2n) is 6.47. The predicted octanol–water partition coefficient (Wildman–Crippen LogP) is 2.14. The largest absolute Gasteiger partial charge is 0.497 e. The van der Waals surface area contributed by atoms with Crippen LogP contribution in [0.15, 0.2) is 18.2 Å². The molecule has 0 spiro atoms. The Balaban J connectivity index is 2.10. The van der Waals surface area contributed by atoms with E-state index >= 15 is 0 Å². The van der Waals surface area contributed by atoms with Gasteiger partial charge in [0.1, 0.15) is 22.7 Å². The van der Waals surface area contributed by atoms with Crippen LogP contribution < -0.4 is 9.47 Å². The molecular weight excluding hydrogens is 286 g/mol. The van der Waals surface area contributed by atoms with Gasteiger partial charge in [0.05, 0.1) is 27.3 Å². The molecule has 1 aromatic carbocycles. The van der Waals surface area contributed by atoms with E-state index in [1.807, 2.05) is 20.8 Å². The van der Waals surface area contributed by atoms with E-state index in [1.54, 1.807) is 32.4 Å². The van der Waals surface area contributed by atoms with E-state index in [2.05, 4.69) is 0 Å². The Hall–Kier alpha value is -1.95. The predicted molar refractivity (Wildman–Crippen MR) is 81.2 cm³/mol. The van der Waals surface area contributed by atoms with Crippen molar-refractivity contribution in [1.29, 1.82) is 0 Å². The van der Waals surface area contributed by atoms with Crippen LogP contribution >= 0.6 is 0 Å². The van der Waals surface area contributed by atoms with E-state index in [0.29, 0.717) is 17.1 Å². The number of hydrogen-bond acceptors (Lipinski definition) is 5. The van der Waals surface area contributed by atoms with Gasteiger partial charge in [-0.3, -0.25) is 0 Å². The van der Waals surface area contributed by atoms with Gasteiger partial charge in [-0.1, -0.05) is 0 Å². The van der Waals surface area contributed by atoms with Crippen molar-refractivity contribution in [2.45, 2.75) is 32.0 Å². The molecule has 1 aliphatic rings. The smallest absolute Gasteiger partial charge is 0.410 e. The number of aliphatic hydroxyl groups is 1. The molecule has 1 N–H and O–H groups in total. The summed E-state index contributed by atoms with van der Waals surface area (Å²) >= 11 is 0. The van der Waals surface area contributed by atoms with Crippen molar-refractivity contribution >= 4 is 6.09 Å². The average molecular weight is 309 g/mol. The molecule has 1 aliphatic heterocycles. The molecule has 0 radical (unpaired) electrons. The molecule has 0 aliphatic carbocycles. The molecule has 1 aromatic rings. The normalized spacial score (nSPS) is 16.7. The average Bonchev–Trinajstić information content (AvgIpc) is 2.41. The van der Waals surface area contributed by atoms with Gasteiger partial charge in [-0.25, -0.2) is 4.79 Å². The lowest BCUT2D eigenvalue weighted by Gasteiger charge is -2.46. The summed E-state index contributed by atoms with van der Waals surface area (Å²) < 4.78 is 15.7. The lowest BCUT2D eigenvalue weighted by atomic mass is 9.86. The zero-order valence-electron chi connectivity index (χ0n) is 13.7. The molecule has 6 nitrogen and oxygen atoms in total. The van der Waals surface area contributed by atoms with Crippen LogP contribution in [-0.4, -0.2) is 49.0 Å². The van der Waals surface area contributed by atoms with Crippen molar-refractivity contribution in [3.05, 3.63) is 23.8 Å². The fraction of sp³-hybridized carbons (Fsp3) is 0.562. The third-order valence-corrected chi connectivity index (χ3v) is 3.45. The van der Waals surface area contributed by atoms with Crippen LogP contribution in [0.3, 0.4) is 0 Å². The monoisotopic (exact) mass is 309 g/mol. The number of likely N-dealkylation sites (tertiary alicyclic amines) is 1. The summed E-state index contributed by atoms with van der Waals surface area (Å²) in [6.07, 6.45) is -0.424. The van der Waals surface area contributed by atoms with Crippen LogP contribution in [-0.2, 0) is 10.3 Å². The van der Waals surface area contributed by atoms with Gasteiger partial charge in [0.2, 0.25) is 0 Å². The first-order chi connectivity index (χ1) is 10.2. The number of ether oxygens (including phenoxy) is 3. The molecule has 1 fully saturated rings. The molecule has 2 rings (SSSR count). The SMILES string of the molecule is COc1cc(OC)cc(C2(O)CN(C(=O)OC(C)(C)C)C2)c1. The highest BCUT2D eigenvalue weighted by molar-refractivity contribution is 5.70. The third kappa shape index (κ3) is 3.44. The van der Waals surface area contributed by atoms with E-state index in [-0.39, 0.29) is 13.1 Å². The first-order valence-electron chi connectivity index (χ1n) is 7.11. The number of benzene rings is 1. The Labute approximate surface area is 130 Å². The minimum atomic E-state index is -1.11. The van der Waals surface area contributed by atoms with Gasteiger partial charge in [-0.2, -0.15) is 0 Å². The van der Waals surface area contributed by atoms with Crippen LogP contribution in [0.25, 0.3) is 0 Å². The number of hydrogen-bond donors (Lipinski definition) is 1. The molecule has 22 heavy (non-hydrogen) atoms. The van der Waals surface area contributed by atoms with Crippen LogP contribution in [0.2, 0.25) is 0 Å². The molecule has 0 saturated carbocycles. The summed E-state index contributed by atoms with van der Waals surface area (Å²) in [4.78, 5) is 13.4. The molecule has 0 atom stereocenters. The van der Waals surface area contributed by atoms with Gasteiger partial charge in [0, 0.05) is 6.07 Å². The van der Waals surface area contributed by atoms with Crippen LogP contribution in [0.4, 0.5) is 4.79 Å². The fourth-order valence-electron chi connectivity index (χ4n) is 2.30. The second kappa shape index (κ2) is 5.68. The highest BCUT2D eigenvalue weighted by Gasteiger charge is 2.46. The van der Waals surface area contributed by atoms with Crippen molar-refractivity contribution in [2.24, 2.45) is 0 Å². The first-order valence-corrected chi connectivity index (χ1v) is 7.11. The topological polar surface area (TPSA) is 68.2 Å². The van der Waals surface area contributed by atoms with Gasteiger partial charge in [0.15, 0.2) is 0 Å². The van der Waals surface area contributed by atoms with Crippen molar-refractivity contribution in [1.82, 2.24) is 4.90 Å². The molecule has 1 saturated heterocycles. The summed E-state index contributed by atoms with van der Waals surface area (Å²) in [5, 5.41) is 10.7. The minimum absolute atomic E-state index is 0.179. The van der Waals surface area contributed by atoms with Crippen molar-refractivity contribution in [2.75, 3.05) is 27.3 Å². The van der Waals surface area contributed by atoms with Crippen LogP contribution in [0, 0.1) is 0 Å². The number of methoxy groups -OCH3 is 2. The second-order valence-corrected chi connectivity index (χ2v) is 6.47. The molecule has 122 valence electrons. The van der Waals surface area contributed by atoms with E-state index in [1.165, 1.54) is 4.90 Å². The summed E-state index contributed by atoms with van der Waals surface area (Å²) in [5.74, 6) is 1.19. The molecule has 6 heteroatoms. The molecule has 1 heterocycles. The minimum Gasteiger partial charge on any atom is -0.497 e. The summed E-state index contributed by atoms with van der Waals surface area (Å²) in [7, 11) is 3.10. The molecule has 1 amide bonds. The maximum Gasteiger partial charge on any atom is 0.410 e. The Morgan fingerprint density at radius 3 is 2.05 bits per heavy atom. The van der Waals surface area contributed by atoms with Gasteiger partial charge < -0.3 is 24.2 Å². The van der Waals surface area contributed by atoms with E-state index in [9.17, 15) is 9.90 Å². The Morgan fingerprint density at radius 1 is 1.14 bits per heavy atom.